The van der Waals surface area contributed by atoms with E-state index in [-0.39, 0.29) is 5.91 Å². The number of nitrogens with one attached hydrogen (secondary N) is 1. The van der Waals surface area contributed by atoms with Crippen LogP contribution < -0.4 is 5.32 Å². The molecule has 1 aromatic carbocycles. The van der Waals surface area contributed by atoms with Crippen LogP contribution in [0.25, 0.3) is 28.2 Å². The lowest BCUT2D eigenvalue weighted by Crippen LogP contribution is -2.23. The Morgan fingerprint density at radius 3 is 2.67 bits per heavy atom. The third-order valence-corrected chi connectivity index (χ3v) is 7.37. The Labute approximate surface area is 181 Å². The highest BCUT2D eigenvalue weighted by molar-refractivity contribution is 8.26. The van der Waals surface area contributed by atoms with E-state index in [0.29, 0.717) is 37.1 Å². The number of nitrogens with zero attached hydrogens (tertiary/aromatic N) is 2. The maximum absolute atomic E-state index is 14.6. The van der Waals surface area contributed by atoms with Gasteiger partial charge in [0.15, 0.2) is 0 Å². The van der Waals surface area contributed by atoms with Crippen LogP contribution in [0, 0.1) is 5.82 Å². The molecule has 0 aliphatic carbocycles. The topological polar surface area (TPSA) is 92.5 Å². The van der Waals surface area contributed by atoms with Crippen molar-refractivity contribution in [2.75, 3.05) is 14.1 Å². The first kappa shape index (κ1) is 20.7. The summed E-state index contributed by atoms with van der Waals surface area (Å²) in [5.41, 5.74) is 1.33. The minimum atomic E-state index is -3.91. The van der Waals surface area contributed by atoms with Crippen LogP contribution in [-0.2, 0) is 14.8 Å². The lowest BCUT2D eigenvalue weighted by Gasteiger charge is -2.12. The van der Waals surface area contributed by atoms with Gasteiger partial charge in [-0.2, -0.15) is 0 Å². The second-order valence-electron chi connectivity index (χ2n) is 6.54. The van der Waals surface area contributed by atoms with Gasteiger partial charge in [-0.25, -0.2) is 17.1 Å². The number of carbonyl (C=O) groups excluding carboxylic acids is 1. The smallest absolute Gasteiger partial charge is 0.263 e. The van der Waals surface area contributed by atoms with Crippen molar-refractivity contribution in [3.05, 3.63) is 53.1 Å². The first-order valence-corrected chi connectivity index (χ1v) is 11.2. The van der Waals surface area contributed by atoms with Crippen molar-refractivity contribution in [2.24, 2.45) is 0 Å². The number of furan rings is 1. The summed E-state index contributed by atoms with van der Waals surface area (Å²) in [6.45, 7) is 0. The van der Waals surface area contributed by atoms with E-state index in [9.17, 15) is 17.6 Å². The Kier molecular flexibility index (Phi) is 5.22. The molecule has 4 rings (SSSR count). The van der Waals surface area contributed by atoms with E-state index in [1.807, 2.05) is 0 Å². The molecule has 3 heterocycles. The molecule has 2 aromatic heterocycles. The molecular weight excluding hydrogens is 449 g/mol. The van der Waals surface area contributed by atoms with E-state index in [0.717, 1.165) is 22.1 Å². The number of pyridine rings is 1. The van der Waals surface area contributed by atoms with E-state index in [1.165, 1.54) is 32.4 Å². The molecule has 0 atom stereocenters. The van der Waals surface area contributed by atoms with Crippen LogP contribution in [0.3, 0.4) is 0 Å². The minimum absolute atomic E-state index is 0.302. The van der Waals surface area contributed by atoms with Crippen molar-refractivity contribution in [3.63, 3.8) is 0 Å². The highest BCUT2D eigenvalue weighted by atomic mass is 32.2. The normalized spacial score (nSPS) is 16.1. The number of benzene rings is 1. The van der Waals surface area contributed by atoms with E-state index >= 15 is 0 Å². The van der Waals surface area contributed by atoms with Gasteiger partial charge in [0.1, 0.15) is 26.4 Å². The summed E-state index contributed by atoms with van der Waals surface area (Å²) >= 11 is 6.10. The Balaban J connectivity index is 1.78. The van der Waals surface area contributed by atoms with Crippen molar-refractivity contribution in [3.8, 4) is 11.1 Å². The van der Waals surface area contributed by atoms with E-state index in [2.05, 4.69) is 10.3 Å². The number of aromatic nitrogens is 1. The molecule has 1 aliphatic rings. The lowest BCUT2D eigenvalue weighted by atomic mass is 10.1. The molecule has 1 aliphatic heterocycles. The number of hydrogen-bond donors (Lipinski definition) is 1. The predicted molar refractivity (Wildman–Crippen MR) is 117 cm³/mol. The van der Waals surface area contributed by atoms with Crippen molar-refractivity contribution in [1.29, 1.82) is 0 Å². The Morgan fingerprint density at radius 1 is 1.27 bits per heavy atom. The fraction of sp³-hybridized carbons (Fsp3) is 0.105. The highest BCUT2D eigenvalue weighted by Gasteiger charge is 2.24. The number of halogens is 1. The summed E-state index contributed by atoms with van der Waals surface area (Å²) in [7, 11) is -1.24. The van der Waals surface area contributed by atoms with Crippen LogP contribution in [0.4, 0.5) is 4.39 Å². The number of amides is 1. The predicted octanol–water partition coefficient (Wildman–Crippen LogP) is 3.37. The number of thiocarbonyl (C=S) groups is 1. The van der Waals surface area contributed by atoms with Gasteiger partial charge in [0, 0.05) is 43.5 Å². The fourth-order valence-electron chi connectivity index (χ4n) is 2.88. The number of fused-ring (bicyclic) bond motifs is 1. The molecule has 3 aromatic rings. The minimum Gasteiger partial charge on any atom is -0.456 e. The van der Waals surface area contributed by atoms with Gasteiger partial charge in [0.2, 0.25) is 10.0 Å². The molecule has 1 fully saturated rings. The van der Waals surface area contributed by atoms with Crippen molar-refractivity contribution < 1.29 is 22.0 Å². The molecule has 0 saturated carbocycles. The molecule has 1 N–H and O–H groups in total. The zero-order valence-electron chi connectivity index (χ0n) is 15.7. The monoisotopic (exact) mass is 463 g/mol. The second-order valence-corrected chi connectivity index (χ2v) is 10.4. The molecule has 30 heavy (non-hydrogen) atoms. The van der Waals surface area contributed by atoms with Gasteiger partial charge in [-0.15, -0.1) is 0 Å². The molecule has 1 saturated heterocycles. The summed E-state index contributed by atoms with van der Waals surface area (Å²) < 4.78 is 46.3. The number of thioether (sulfide) groups is 1. The van der Waals surface area contributed by atoms with Gasteiger partial charge in [-0.1, -0.05) is 30.0 Å². The molecule has 0 spiro atoms. The molecule has 0 unspecified atom stereocenters. The Hall–Kier alpha value is -2.60. The number of sulfonamides is 1. The molecule has 0 radical (unpaired) electrons. The van der Waals surface area contributed by atoms with Crippen molar-refractivity contribution in [1.82, 2.24) is 14.6 Å². The fourth-order valence-corrected chi connectivity index (χ4v) is 4.85. The van der Waals surface area contributed by atoms with Crippen LogP contribution in [0.15, 0.2) is 50.9 Å². The molecule has 154 valence electrons. The highest BCUT2D eigenvalue weighted by Crippen LogP contribution is 2.34. The standard InChI is InChI=1S/C19H14FN3O4S3/c1-23(2)30(25,26)16-4-3-10(6-14(16)20)13-9-21-8-11-5-12(27-17(11)13)7-15-18(24)22-19(28)29-15/h3-9H,1-2H3,(H,22,24,28)/b15-7+. The summed E-state index contributed by atoms with van der Waals surface area (Å²) in [5.74, 6) is -0.767. The van der Waals surface area contributed by atoms with Crippen LogP contribution in [0.5, 0.6) is 0 Å². The Morgan fingerprint density at radius 2 is 2.03 bits per heavy atom. The van der Waals surface area contributed by atoms with E-state index < -0.39 is 20.7 Å². The number of hydrogen-bond acceptors (Lipinski definition) is 7. The third-order valence-electron chi connectivity index (χ3n) is 4.36. The number of rotatable bonds is 4. The quantitative estimate of drug-likeness (QED) is 0.468. The Bertz CT molecular complexity index is 1350. The van der Waals surface area contributed by atoms with Gasteiger partial charge in [0.05, 0.1) is 4.91 Å². The van der Waals surface area contributed by atoms with Gasteiger partial charge in [-0.05, 0) is 23.8 Å². The van der Waals surface area contributed by atoms with Gasteiger partial charge < -0.3 is 9.73 Å². The average molecular weight is 464 g/mol. The van der Waals surface area contributed by atoms with Crippen LogP contribution in [0.1, 0.15) is 5.76 Å². The first-order valence-electron chi connectivity index (χ1n) is 8.51. The average Bonchev–Trinajstić information content (AvgIpc) is 3.23. The van der Waals surface area contributed by atoms with Crippen LogP contribution in [-0.4, -0.2) is 42.0 Å². The van der Waals surface area contributed by atoms with Gasteiger partial charge in [0.25, 0.3) is 5.91 Å². The molecule has 0 bridgehead atoms. The van der Waals surface area contributed by atoms with Crippen molar-refractivity contribution >= 4 is 61.3 Å². The van der Waals surface area contributed by atoms with E-state index in [1.54, 1.807) is 18.3 Å². The summed E-state index contributed by atoms with van der Waals surface area (Å²) in [4.78, 5) is 16.0. The van der Waals surface area contributed by atoms with Gasteiger partial charge >= 0.3 is 0 Å². The van der Waals surface area contributed by atoms with Crippen molar-refractivity contribution in [2.45, 2.75) is 4.90 Å². The van der Waals surface area contributed by atoms with Crippen LogP contribution >= 0.6 is 24.0 Å². The number of carbonyl (C=O) groups is 1. The molecule has 1 amide bonds. The largest absolute Gasteiger partial charge is 0.456 e. The summed E-state index contributed by atoms with van der Waals surface area (Å²) in [6, 6.07) is 5.54. The maximum Gasteiger partial charge on any atom is 0.263 e. The lowest BCUT2D eigenvalue weighted by molar-refractivity contribution is -0.115. The molecule has 11 heteroatoms. The third kappa shape index (κ3) is 3.65. The first-order chi connectivity index (χ1) is 14.2. The second kappa shape index (κ2) is 7.58. The summed E-state index contributed by atoms with van der Waals surface area (Å²) in [6.07, 6.45) is 4.65. The van der Waals surface area contributed by atoms with Crippen LogP contribution in [0.2, 0.25) is 0 Å². The van der Waals surface area contributed by atoms with E-state index in [4.69, 9.17) is 16.6 Å². The summed E-state index contributed by atoms with van der Waals surface area (Å²) in [5, 5.41) is 3.18. The zero-order chi connectivity index (χ0) is 21.6. The molecule has 7 nitrogen and oxygen atoms in total. The maximum atomic E-state index is 14.6. The van der Waals surface area contributed by atoms with Gasteiger partial charge in [-0.3, -0.25) is 9.78 Å². The zero-order valence-corrected chi connectivity index (χ0v) is 18.1. The molecular formula is C19H14FN3O4S3. The SMILES string of the molecule is CN(C)S(=O)(=O)c1ccc(-c2cncc3cc(/C=C4/SC(=S)NC4=O)oc23)cc1F.